The molecule has 0 aliphatic heterocycles. The van der Waals surface area contributed by atoms with Gasteiger partial charge >= 0.3 is 0 Å². The van der Waals surface area contributed by atoms with Gasteiger partial charge in [0.15, 0.2) is 11.5 Å². The molecule has 0 aliphatic carbocycles. The van der Waals surface area contributed by atoms with Crippen LogP contribution in [0, 0.1) is 0 Å². The molecule has 3 aromatic carbocycles. The number of ether oxygens (including phenoxy) is 1. The Kier molecular flexibility index (Phi) is 6.36. The van der Waals surface area contributed by atoms with Gasteiger partial charge in [0.05, 0.1) is 5.69 Å². The highest BCUT2D eigenvalue weighted by Gasteiger charge is 2.14. The van der Waals surface area contributed by atoms with E-state index in [0.29, 0.717) is 27.6 Å². The first-order chi connectivity index (χ1) is 13.9. The number of benzene rings is 3. The molecule has 3 rings (SSSR count). The summed E-state index contributed by atoms with van der Waals surface area (Å²) in [5.41, 5.74) is 7.07. The van der Waals surface area contributed by atoms with Crippen molar-refractivity contribution < 1.29 is 19.4 Å². The molecule has 0 spiro atoms. The number of aromatic hydroxyl groups is 1. The molecule has 0 saturated heterocycles. The normalized spacial score (nSPS) is 10.4. The van der Waals surface area contributed by atoms with Crippen molar-refractivity contribution in [2.45, 2.75) is 6.42 Å². The zero-order valence-corrected chi connectivity index (χ0v) is 16.1. The number of phenols is 1. The van der Waals surface area contributed by atoms with Crippen LogP contribution < -0.4 is 15.8 Å². The van der Waals surface area contributed by atoms with Crippen LogP contribution in [0.15, 0.2) is 66.7 Å². The first kappa shape index (κ1) is 20.2. The molecule has 0 aliphatic rings. The Bertz CT molecular complexity index is 1020. The maximum atomic E-state index is 12.5. The molecule has 0 radical (unpaired) electrons. The number of hydrogen-bond donors (Lipinski definition) is 3. The van der Waals surface area contributed by atoms with Crippen LogP contribution in [0.4, 0.5) is 5.69 Å². The third-order valence-electron chi connectivity index (χ3n) is 4.18. The second-order valence-corrected chi connectivity index (χ2v) is 6.69. The van der Waals surface area contributed by atoms with Gasteiger partial charge in [-0.15, -0.1) is 0 Å². The average Bonchev–Trinajstić information content (AvgIpc) is 2.71. The minimum Gasteiger partial charge on any atom is -0.508 e. The van der Waals surface area contributed by atoms with Crippen molar-refractivity contribution in [3.63, 3.8) is 0 Å². The monoisotopic (exact) mass is 410 g/mol. The highest BCUT2D eigenvalue weighted by Crippen LogP contribution is 2.31. The minimum absolute atomic E-state index is 0.0768. The molecule has 29 heavy (non-hydrogen) atoms. The summed E-state index contributed by atoms with van der Waals surface area (Å²) >= 11 is 5.86. The van der Waals surface area contributed by atoms with E-state index < -0.39 is 0 Å². The number of nitrogen functional groups attached to an aromatic ring is 1. The van der Waals surface area contributed by atoms with Crippen molar-refractivity contribution in [3.05, 3.63) is 82.9 Å². The number of carbonyl (C=O) groups is 2. The molecule has 0 bridgehead atoms. The molecule has 0 atom stereocenters. The Labute approximate surface area is 172 Å². The molecule has 0 aromatic heterocycles. The molecule has 4 N–H and O–H groups in total. The maximum Gasteiger partial charge on any atom is 0.251 e. The molecule has 1 amide bonds. The lowest BCUT2D eigenvalue weighted by molar-refractivity contribution is 0.0940. The van der Waals surface area contributed by atoms with Crippen LogP contribution in [0.5, 0.6) is 17.2 Å². The van der Waals surface area contributed by atoms with Crippen molar-refractivity contribution in [3.8, 4) is 17.2 Å². The number of Topliss-reactive ketones (excluding diaryl/α,β-unsaturated/α-hetero) is 1. The number of nitrogens with two attached hydrogens (primary N) is 1. The number of phenolic OH excluding ortho intramolecular Hbond substituents is 1. The standard InChI is InChI=1S/C22H19ClN2O4/c23-15-6-10-17(11-7-15)29-20-3-1-2-18(21(20)24)19(27)12-13-25-22(28)14-4-8-16(26)9-5-14/h1-11,26H,12-13,24H2,(H,25,28). The summed E-state index contributed by atoms with van der Waals surface area (Å²) in [7, 11) is 0. The molecule has 0 heterocycles. The average molecular weight is 411 g/mol. The summed E-state index contributed by atoms with van der Waals surface area (Å²) in [6.45, 7) is 0.153. The Morgan fingerprint density at radius 3 is 2.38 bits per heavy atom. The van der Waals surface area contributed by atoms with Crippen LogP contribution >= 0.6 is 11.6 Å². The van der Waals surface area contributed by atoms with Crippen molar-refractivity contribution in [2.24, 2.45) is 0 Å². The molecule has 6 nitrogen and oxygen atoms in total. The zero-order valence-electron chi connectivity index (χ0n) is 15.4. The quantitative estimate of drug-likeness (QED) is 0.395. The van der Waals surface area contributed by atoms with Gasteiger partial charge < -0.3 is 20.9 Å². The van der Waals surface area contributed by atoms with Crippen molar-refractivity contribution in [1.82, 2.24) is 5.32 Å². The van der Waals surface area contributed by atoms with Gasteiger partial charge in [-0.3, -0.25) is 9.59 Å². The van der Waals surface area contributed by atoms with E-state index in [0.717, 1.165) is 0 Å². The van der Waals surface area contributed by atoms with Gasteiger partial charge in [-0.05, 0) is 60.7 Å². The van der Waals surface area contributed by atoms with E-state index in [9.17, 15) is 14.7 Å². The summed E-state index contributed by atoms with van der Waals surface area (Å²) < 4.78 is 5.74. The Morgan fingerprint density at radius 1 is 1.00 bits per heavy atom. The lowest BCUT2D eigenvalue weighted by Gasteiger charge is -2.12. The molecule has 0 unspecified atom stereocenters. The predicted molar refractivity (Wildman–Crippen MR) is 112 cm³/mol. The number of anilines is 1. The topological polar surface area (TPSA) is 102 Å². The molecule has 7 heteroatoms. The first-order valence-corrected chi connectivity index (χ1v) is 9.24. The first-order valence-electron chi connectivity index (χ1n) is 8.86. The number of halogens is 1. The fourth-order valence-corrected chi connectivity index (χ4v) is 2.77. The minimum atomic E-state index is -0.328. The maximum absolute atomic E-state index is 12.5. The number of hydrogen-bond acceptors (Lipinski definition) is 5. The SMILES string of the molecule is Nc1c(Oc2ccc(Cl)cc2)cccc1C(=O)CCNC(=O)c1ccc(O)cc1. The van der Waals surface area contributed by atoms with E-state index in [1.807, 2.05) is 0 Å². The van der Waals surface area contributed by atoms with E-state index in [1.165, 1.54) is 24.3 Å². The number of rotatable bonds is 7. The highest BCUT2D eigenvalue weighted by molar-refractivity contribution is 6.30. The Balaban J connectivity index is 1.61. The number of amides is 1. The summed E-state index contributed by atoms with van der Waals surface area (Å²) in [5, 5.41) is 12.5. The van der Waals surface area contributed by atoms with E-state index in [4.69, 9.17) is 22.1 Å². The third-order valence-corrected chi connectivity index (χ3v) is 4.43. The summed E-state index contributed by atoms with van der Waals surface area (Å²) in [6.07, 6.45) is 0.0818. The molecular formula is C22H19ClN2O4. The summed E-state index contributed by atoms with van der Waals surface area (Å²) in [4.78, 5) is 24.6. The van der Waals surface area contributed by atoms with Gasteiger partial charge in [0, 0.05) is 29.1 Å². The van der Waals surface area contributed by atoms with Gasteiger partial charge in [0.2, 0.25) is 0 Å². The molecule has 148 valence electrons. The number of carbonyl (C=O) groups excluding carboxylic acids is 2. The van der Waals surface area contributed by atoms with Crippen LogP contribution in [0.1, 0.15) is 27.1 Å². The van der Waals surface area contributed by atoms with E-state index >= 15 is 0 Å². The number of nitrogens with one attached hydrogen (secondary N) is 1. The van der Waals surface area contributed by atoms with Crippen LogP contribution in [-0.4, -0.2) is 23.3 Å². The highest BCUT2D eigenvalue weighted by atomic mass is 35.5. The summed E-state index contributed by atoms with van der Waals surface area (Å²) in [6, 6.07) is 17.6. The van der Waals surface area contributed by atoms with Crippen LogP contribution in [0.2, 0.25) is 5.02 Å². The molecule has 0 saturated carbocycles. The van der Waals surface area contributed by atoms with Gasteiger partial charge in [-0.2, -0.15) is 0 Å². The Hall–Kier alpha value is -3.51. The van der Waals surface area contributed by atoms with Crippen molar-refractivity contribution in [2.75, 3.05) is 12.3 Å². The van der Waals surface area contributed by atoms with Crippen molar-refractivity contribution >= 4 is 29.0 Å². The zero-order chi connectivity index (χ0) is 20.8. The molecule has 3 aromatic rings. The van der Waals surface area contributed by atoms with E-state index in [1.54, 1.807) is 42.5 Å². The van der Waals surface area contributed by atoms with Gasteiger partial charge in [-0.25, -0.2) is 0 Å². The summed E-state index contributed by atoms with van der Waals surface area (Å²) in [5.74, 6) is 0.451. The van der Waals surface area contributed by atoms with Crippen LogP contribution in [0.3, 0.4) is 0 Å². The fourth-order valence-electron chi connectivity index (χ4n) is 2.64. The third kappa shape index (κ3) is 5.27. The van der Waals surface area contributed by atoms with Crippen LogP contribution in [0.25, 0.3) is 0 Å². The Morgan fingerprint density at radius 2 is 1.69 bits per heavy atom. The lowest BCUT2D eigenvalue weighted by Crippen LogP contribution is -2.26. The van der Waals surface area contributed by atoms with Crippen molar-refractivity contribution in [1.29, 1.82) is 0 Å². The van der Waals surface area contributed by atoms with Gasteiger partial charge in [0.1, 0.15) is 11.5 Å². The second kappa shape index (κ2) is 9.12. The van der Waals surface area contributed by atoms with Gasteiger partial charge in [0.25, 0.3) is 5.91 Å². The molecule has 0 fully saturated rings. The fraction of sp³-hybridized carbons (Fsp3) is 0.0909. The number of ketones is 1. The molecular weight excluding hydrogens is 392 g/mol. The van der Waals surface area contributed by atoms with E-state index in [-0.39, 0.29) is 36.1 Å². The smallest absolute Gasteiger partial charge is 0.251 e. The van der Waals surface area contributed by atoms with Gasteiger partial charge in [-0.1, -0.05) is 17.7 Å². The predicted octanol–water partition coefficient (Wildman–Crippen LogP) is 4.42. The van der Waals surface area contributed by atoms with E-state index in [2.05, 4.69) is 5.32 Å². The largest absolute Gasteiger partial charge is 0.508 e. The lowest BCUT2D eigenvalue weighted by atomic mass is 10.1. The second-order valence-electron chi connectivity index (χ2n) is 6.25. The number of para-hydroxylation sites is 1. The van der Waals surface area contributed by atoms with Crippen LogP contribution in [-0.2, 0) is 0 Å².